The molecule has 1 atom stereocenters. The highest BCUT2D eigenvalue weighted by molar-refractivity contribution is 5.21. The zero-order valence-electron chi connectivity index (χ0n) is 13.6. The maximum atomic E-state index is 14.0. The van der Waals surface area contributed by atoms with Gasteiger partial charge in [-0.2, -0.15) is 0 Å². The first-order chi connectivity index (χ1) is 10.1. The lowest BCUT2D eigenvalue weighted by atomic mass is 9.86. The summed E-state index contributed by atoms with van der Waals surface area (Å²) in [6.45, 7) is 6.15. The molecule has 2 rings (SSSR count). The Hall–Kier alpha value is -0.930. The van der Waals surface area contributed by atoms with Crippen LogP contribution in [0.25, 0.3) is 0 Å². The molecular weight excluding hydrogens is 263 g/mol. The Morgan fingerprint density at radius 1 is 1.24 bits per heavy atom. The van der Waals surface area contributed by atoms with Crippen LogP contribution in [0.3, 0.4) is 0 Å². The molecule has 118 valence electrons. The van der Waals surface area contributed by atoms with Gasteiger partial charge in [0.2, 0.25) is 0 Å². The Morgan fingerprint density at radius 3 is 2.52 bits per heavy atom. The van der Waals surface area contributed by atoms with Gasteiger partial charge in [-0.1, -0.05) is 32.0 Å². The summed E-state index contributed by atoms with van der Waals surface area (Å²) in [5.74, 6) is 0.764. The van der Waals surface area contributed by atoms with Crippen molar-refractivity contribution in [2.75, 3.05) is 20.1 Å². The minimum atomic E-state index is -0.103. The SMILES string of the molecule is CCNC(CN(C)C1CCC(C)CC1)c1ccccc1F. The molecule has 1 aromatic carbocycles. The number of hydrogen-bond donors (Lipinski definition) is 1. The van der Waals surface area contributed by atoms with Gasteiger partial charge in [0, 0.05) is 24.2 Å². The third-order valence-electron chi connectivity index (χ3n) is 4.81. The van der Waals surface area contributed by atoms with E-state index in [1.165, 1.54) is 25.7 Å². The quantitative estimate of drug-likeness (QED) is 0.853. The maximum Gasteiger partial charge on any atom is 0.128 e. The summed E-state index contributed by atoms with van der Waals surface area (Å²) in [7, 11) is 2.19. The molecule has 0 amide bonds. The summed E-state index contributed by atoms with van der Waals surface area (Å²) in [4.78, 5) is 2.42. The highest BCUT2D eigenvalue weighted by Crippen LogP contribution is 2.28. The maximum absolute atomic E-state index is 14.0. The molecule has 1 aliphatic carbocycles. The first-order valence-electron chi connectivity index (χ1n) is 8.29. The molecule has 1 fully saturated rings. The largest absolute Gasteiger partial charge is 0.309 e. The molecule has 1 unspecified atom stereocenters. The standard InChI is InChI=1S/C18H29FN2/c1-4-20-18(16-7-5-6-8-17(16)19)13-21(3)15-11-9-14(2)10-12-15/h5-8,14-15,18,20H,4,9-13H2,1-3H3. The molecule has 0 radical (unpaired) electrons. The van der Waals surface area contributed by atoms with Gasteiger partial charge in [-0.25, -0.2) is 4.39 Å². The van der Waals surface area contributed by atoms with E-state index in [-0.39, 0.29) is 11.9 Å². The van der Waals surface area contributed by atoms with Gasteiger partial charge in [-0.05, 0) is 51.3 Å². The van der Waals surface area contributed by atoms with Crippen molar-refractivity contribution in [3.05, 3.63) is 35.6 Å². The van der Waals surface area contributed by atoms with Gasteiger partial charge in [0.25, 0.3) is 0 Å². The highest BCUT2D eigenvalue weighted by Gasteiger charge is 2.24. The van der Waals surface area contributed by atoms with Gasteiger partial charge in [-0.3, -0.25) is 0 Å². The van der Waals surface area contributed by atoms with Crippen LogP contribution in [0.4, 0.5) is 4.39 Å². The molecule has 1 aromatic rings. The predicted octanol–water partition coefficient (Wildman–Crippen LogP) is 3.99. The minimum Gasteiger partial charge on any atom is -0.309 e. The number of nitrogens with one attached hydrogen (secondary N) is 1. The number of likely N-dealkylation sites (N-methyl/N-ethyl adjacent to an activating group) is 2. The normalized spacial score (nSPS) is 24.2. The fourth-order valence-corrected chi connectivity index (χ4v) is 3.40. The van der Waals surface area contributed by atoms with Gasteiger partial charge in [0.15, 0.2) is 0 Å². The van der Waals surface area contributed by atoms with Crippen molar-refractivity contribution >= 4 is 0 Å². The second-order valence-corrected chi connectivity index (χ2v) is 6.49. The van der Waals surface area contributed by atoms with Crippen LogP contribution in [0.15, 0.2) is 24.3 Å². The zero-order valence-corrected chi connectivity index (χ0v) is 13.6. The number of halogens is 1. The Morgan fingerprint density at radius 2 is 1.90 bits per heavy atom. The van der Waals surface area contributed by atoms with E-state index in [4.69, 9.17) is 0 Å². The summed E-state index contributed by atoms with van der Waals surface area (Å²) in [5, 5.41) is 3.44. The van der Waals surface area contributed by atoms with Crippen LogP contribution >= 0.6 is 0 Å². The Bertz CT molecular complexity index is 427. The van der Waals surface area contributed by atoms with E-state index in [2.05, 4.69) is 31.1 Å². The molecule has 1 saturated carbocycles. The molecule has 1 aliphatic rings. The number of nitrogens with zero attached hydrogens (tertiary/aromatic N) is 1. The molecule has 0 heterocycles. The number of rotatable bonds is 6. The molecule has 1 N–H and O–H groups in total. The summed E-state index contributed by atoms with van der Waals surface area (Å²) >= 11 is 0. The molecular formula is C18H29FN2. The molecule has 0 aromatic heterocycles. The molecule has 2 nitrogen and oxygen atoms in total. The Kier molecular flexibility index (Phi) is 6.19. The lowest BCUT2D eigenvalue weighted by Gasteiger charge is -2.36. The summed E-state index contributed by atoms with van der Waals surface area (Å²) in [6, 6.07) is 7.86. The van der Waals surface area contributed by atoms with Crippen molar-refractivity contribution in [2.24, 2.45) is 5.92 Å². The van der Waals surface area contributed by atoms with E-state index in [0.29, 0.717) is 6.04 Å². The monoisotopic (exact) mass is 292 g/mol. The molecule has 21 heavy (non-hydrogen) atoms. The van der Waals surface area contributed by atoms with Crippen LogP contribution in [0, 0.1) is 11.7 Å². The number of benzene rings is 1. The lowest BCUT2D eigenvalue weighted by molar-refractivity contribution is 0.156. The van der Waals surface area contributed by atoms with Crippen molar-refractivity contribution in [2.45, 2.75) is 51.6 Å². The van der Waals surface area contributed by atoms with Crippen LogP contribution in [-0.4, -0.2) is 31.1 Å². The van der Waals surface area contributed by atoms with Crippen LogP contribution in [0.5, 0.6) is 0 Å². The van der Waals surface area contributed by atoms with Crippen LogP contribution < -0.4 is 5.32 Å². The first kappa shape index (κ1) is 16.4. The average molecular weight is 292 g/mol. The minimum absolute atomic E-state index is 0.0700. The second kappa shape index (κ2) is 7.90. The van der Waals surface area contributed by atoms with Gasteiger partial charge in [0.05, 0.1) is 0 Å². The third-order valence-corrected chi connectivity index (χ3v) is 4.81. The van der Waals surface area contributed by atoms with Gasteiger partial charge >= 0.3 is 0 Å². The van der Waals surface area contributed by atoms with Crippen LogP contribution in [0.1, 0.15) is 51.1 Å². The Labute approximate surface area is 128 Å². The smallest absolute Gasteiger partial charge is 0.128 e. The lowest BCUT2D eigenvalue weighted by Crippen LogP contribution is -2.40. The highest BCUT2D eigenvalue weighted by atomic mass is 19.1. The molecule has 0 aliphatic heterocycles. The van der Waals surface area contributed by atoms with E-state index in [9.17, 15) is 4.39 Å². The molecule has 0 spiro atoms. The Balaban J connectivity index is 2.01. The zero-order chi connectivity index (χ0) is 15.2. The van der Waals surface area contributed by atoms with E-state index >= 15 is 0 Å². The first-order valence-corrected chi connectivity index (χ1v) is 8.29. The molecule has 0 bridgehead atoms. The summed E-state index contributed by atoms with van der Waals surface area (Å²) in [6.07, 6.45) is 5.18. The van der Waals surface area contributed by atoms with Gasteiger partial charge in [0.1, 0.15) is 5.82 Å². The van der Waals surface area contributed by atoms with Crippen molar-refractivity contribution in [3.8, 4) is 0 Å². The van der Waals surface area contributed by atoms with E-state index in [0.717, 1.165) is 24.6 Å². The third kappa shape index (κ3) is 4.52. The average Bonchev–Trinajstić information content (AvgIpc) is 2.48. The van der Waals surface area contributed by atoms with Crippen LogP contribution in [0.2, 0.25) is 0 Å². The predicted molar refractivity (Wildman–Crippen MR) is 86.9 cm³/mol. The fourth-order valence-electron chi connectivity index (χ4n) is 3.40. The second-order valence-electron chi connectivity index (χ2n) is 6.49. The van der Waals surface area contributed by atoms with Crippen molar-refractivity contribution in [1.29, 1.82) is 0 Å². The molecule has 0 saturated heterocycles. The van der Waals surface area contributed by atoms with E-state index < -0.39 is 0 Å². The molecule has 3 heteroatoms. The summed E-state index contributed by atoms with van der Waals surface area (Å²) < 4.78 is 14.0. The van der Waals surface area contributed by atoms with Crippen LogP contribution in [-0.2, 0) is 0 Å². The van der Waals surface area contributed by atoms with E-state index in [1.54, 1.807) is 12.1 Å². The summed E-state index contributed by atoms with van der Waals surface area (Å²) in [5.41, 5.74) is 0.787. The van der Waals surface area contributed by atoms with Crippen molar-refractivity contribution < 1.29 is 4.39 Å². The number of hydrogen-bond acceptors (Lipinski definition) is 2. The van der Waals surface area contributed by atoms with Crippen molar-refractivity contribution in [1.82, 2.24) is 10.2 Å². The van der Waals surface area contributed by atoms with Gasteiger partial charge < -0.3 is 10.2 Å². The van der Waals surface area contributed by atoms with E-state index in [1.807, 2.05) is 12.1 Å². The topological polar surface area (TPSA) is 15.3 Å². The van der Waals surface area contributed by atoms with Gasteiger partial charge in [-0.15, -0.1) is 0 Å². The van der Waals surface area contributed by atoms with Crippen molar-refractivity contribution in [3.63, 3.8) is 0 Å². The fraction of sp³-hybridized carbons (Fsp3) is 0.667.